The van der Waals surface area contributed by atoms with Gasteiger partial charge in [0.05, 0.1) is 11.8 Å². The van der Waals surface area contributed by atoms with Gasteiger partial charge < -0.3 is 4.42 Å². The Morgan fingerprint density at radius 1 is 0.520 bits per heavy atom. The molecule has 0 unspecified atom stereocenters. The summed E-state index contributed by atoms with van der Waals surface area (Å²) in [5.74, 6) is -3.57. The molecule has 0 aliphatic heterocycles. The van der Waals surface area contributed by atoms with Crippen molar-refractivity contribution in [3.8, 4) is 0 Å². The van der Waals surface area contributed by atoms with E-state index in [0.29, 0.717) is 0 Å². The average Bonchev–Trinajstić information content (AvgIpc) is 2.80. The minimum absolute atomic E-state index is 0.567. The summed E-state index contributed by atoms with van der Waals surface area (Å²) < 4.78 is 181. The zero-order valence-corrected chi connectivity index (χ0v) is 10.9. The van der Waals surface area contributed by atoms with Gasteiger partial charge in [0.2, 0.25) is 0 Å². The van der Waals surface area contributed by atoms with Gasteiger partial charge in [-0.05, 0) is 6.07 Å². The zero-order valence-electron chi connectivity index (χ0n) is 10.9. The van der Waals surface area contributed by atoms with Crippen molar-refractivity contribution in [2.24, 2.45) is 0 Å². The van der Waals surface area contributed by atoms with Gasteiger partial charge in [-0.15, -0.1) is 0 Å². The molecule has 0 N–H and O–H groups in total. The number of furan rings is 1. The summed E-state index contributed by atoms with van der Waals surface area (Å²) in [4.78, 5) is 0. The van der Waals surface area contributed by atoms with Crippen LogP contribution in [0.5, 0.6) is 0 Å². The van der Waals surface area contributed by atoms with Crippen molar-refractivity contribution >= 4 is 0 Å². The van der Waals surface area contributed by atoms with E-state index >= 15 is 0 Å². The minimum atomic E-state index is -7.12. The molecule has 0 amide bonds. The summed E-state index contributed by atoms with van der Waals surface area (Å²) in [6.45, 7) is 0. The van der Waals surface area contributed by atoms with Crippen LogP contribution in [0.4, 0.5) is 61.5 Å². The SMILES string of the molecule is FC(F)(F)C(F)(c1ccoc1C(F)(C(F)(F)F)C(F)(F)F)C(F)(F)F. The molecule has 1 aromatic rings. The fourth-order valence-electron chi connectivity index (χ4n) is 1.73. The Kier molecular flexibility index (Phi) is 4.61. The maximum atomic E-state index is 13.7. The fraction of sp³-hybridized carbons (Fsp3) is 0.600. The molecule has 0 bridgehead atoms. The third kappa shape index (κ3) is 2.90. The molecule has 0 fully saturated rings. The molecule has 0 radical (unpaired) electrons. The second-order valence-corrected chi connectivity index (χ2v) is 4.47. The van der Waals surface area contributed by atoms with Gasteiger partial charge in [-0.25, -0.2) is 8.78 Å². The van der Waals surface area contributed by atoms with Crippen LogP contribution in [0.15, 0.2) is 16.7 Å². The predicted molar refractivity (Wildman–Crippen MR) is 48.5 cm³/mol. The van der Waals surface area contributed by atoms with Gasteiger partial charge in [0.1, 0.15) is 0 Å². The molecule has 0 aliphatic rings. The molecular weight excluding hydrogens is 402 g/mol. The highest BCUT2D eigenvalue weighted by atomic mass is 19.4. The Bertz CT molecular complexity index is 531. The van der Waals surface area contributed by atoms with Gasteiger partial charge in [-0.1, -0.05) is 0 Å². The first-order chi connectivity index (χ1) is 10.7. The van der Waals surface area contributed by atoms with Crippen LogP contribution in [0.3, 0.4) is 0 Å². The van der Waals surface area contributed by atoms with Crippen LogP contribution in [-0.2, 0) is 11.3 Å². The first-order valence-corrected chi connectivity index (χ1v) is 5.46. The number of halogens is 14. The van der Waals surface area contributed by atoms with Crippen molar-refractivity contribution in [2.45, 2.75) is 36.0 Å². The lowest BCUT2D eigenvalue weighted by Gasteiger charge is -2.33. The smallest absolute Gasteiger partial charge is 0.439 e. The lowest BCUT2D eigenvalue weighted by molar-refractivity contribution is -0.363. The number of rotatable bonds is 2. The maximum absolute atomic E-state index is 13.7. The van der Waals surface area contributed by atoms with Crippen molar-refractivity contribution in [2.75, 3.05) is 0 Å². The molecule has 0 aromatic carbocycles. The monoisotopic (exact) mass is 404 g/mol. The summed E-state index contributed by atoms with van der Waals surface area (Å²) in [6.07, 6.45) is -29.0. The molecule has 0 saturated heterocycles. The van der Waals surface area contributed by atoms with Crippen LogP contribution in [0.25, 0.3) is 0 Å². The first-order valence-electron chi connectivity index (χ1n) is 5.46. The summed E-state index contributed by atoms with van der Waals surface area (Å²) in [7, 11) is 0. The minimum Gasteiger partial charge on any atom is -0.465 e. The molecule has 146 valence electrons. The van der Waals surface area contributed by atoms with Crippen LogP contribution in [0.2, 0.25) is 0 Å². The van der Waals surface area contributed by atoms with E-state index in [2.05, 4.69) is 4.42 Å². The largest absolute Gasteiger partial charge is 0.465 e. The number of hydrogen-bond donors (Lipinski definition) is 0. The maximum Gasteiger partial charge on any atom is 0.439 e. The standard InChI is InChI=1S/C10H2F14O/c11-5(7(13,14)15,8(16,17)18)3-1-2-25-4(3)6(12,9(19,20)21)10(22,23)24/h1-2H. The van der Waals surface area contributed by atoms with E-state index in [1.165, 1.54) is 0 Å². The van der Waals surface area contributed by atoms with Crippen LogP contribution >= 0.6 is 0 Å². The van der Waals surface area contributed by atoms with Gasteiger partial charge in [0.15, 0.2) is 5.76 Å². The number of hydrogen-bond acceptors (Lipinski definition) is 1. The van der Waals surface area contributed by atoms with Gasteiger partial charge in [0, 0.05) is 0 Å². The third-order valence-corrected chi connectivity index (χ3v) is 2.91. The van der Waals surface area contributed by atoms with E-state index in [-0.39, 0.29) is 0 Å². The van der Waals surface area contributed by atoms with E-state index in [4.69, 9.17) is 0 Å². The Morgan fingerprint density at radius 2 is 0.840 bits per heavy atom. The van der Waals surface area contributed by atoms with Crippen molar-refractivity contribution < 1.29 is 65.9 Å². The summed E-state index contributed by atoms with van der Waals surface area (Å²) in [6, 6.07) is -0.817. The Morgan fingerprint density at radius 3 is 1.12 bits per heavy atom. The molecular formula is C10H2F14O. The van der Waals surface area contributed by atoms with Crippen molar-refractivity contribution in [1.29, 1.82) is 0 Å². The molecule has 0 saturated carbocycles. The average molecular weight is 404 g/mol. The Balaban J connectivity index is 3.91. The molecule has 1 rings (SSSR count). The van der Waals surface area contributed by atoms with E-state index in [1.54, 1.807) is 0 Å². The van der Waals surface area contributed by atoms with Gasteiger partial charge in [0.25, 0.3) is 0 Å². The second kappa shape index (κ2) is 5.40. The topological polar surface area (TPSA) is 13.1 Å². The highest BCUT2D eigenvalue weighted by Gasteiger charge is 2.81. The molecule has 0 atom stereocenters. The van der Waals surface area contributed by atoms with Crippen LogP contribution < -0.4 is 0 Å². The van der Waals surface area contributed by atoms with E-state index in [9.17, 15) is 61.5 Å². The van der Waals surface area contributed by atoms with Crippen LogP contribution in [0.1, 0.15) is 11.3 Å². The van der Waals surface area contributed by atoms with E-state index in [1.807, 2.05) is 0 Å². The zero-order chi connectivity index (χ0) is 20.3. The molecule has 0 aliphatic carbocycles. The summed E-state index contributed by atoms with van der Waals surface area (Å²) in [5.41, 5.74) is -16.9. The molecule has 1 nitrogen and oxygen atoms in total. The Hall–Kier alpha value is -1.70. The lowest BCUT2D eigenvalue weighted by atomic mass is 9.88. The normalized spacial score (nSPS) is 15.6. The summed E-state index contributed by atoms with van der Waals surface area (Å²) >= 11 is 0. The van der Waals surface area contributed by atoms with E-state index in [0.717, 1.165) is 0 Å². The quantitative estimate of drug-likeness (QED) is 0.563. The van der Waals surface area contributed by atoms with Gasteiger partial charge in [-0.2, -0.15) is 52.7 Å². The molecule has 25 heavy (non-hydrogen) atoms. The number of alkyl halides is 14. The molecule has 15 heteroatoms. The van der Waals surface area contributed by atoms with Crippen LogP contribution in [0, 0.1) is 0 Å². The molecule has 1 heterocycles. The van der Waals surface area contributed by atoms with E-state index < -0.39 is 59.7 Å². The van der Waals surface area contributed by atoms with Crippen molar-refractivity contribution in [1.82, 2.24) is 0 Å². The van der Waals surface area contributed by atoms with Crippen molar-refractivity contribution in [3.05, 3.63) is 23.7 Å². The highest BCUT2D eigenvalue weighted by molar-refractivity contribution is 5.35. The lowest BCUT2D eigenvalue weighted by Crippen LogP contribution is -2.55. The fourth-order valence-corrected chi connectivity index (χ4v) is 1.73. The Labute approximate surface area is 127 Å². The molecule has 0 spiro atoms. The first kappa shape index (κ1) is 21.3. The second-order valence-electron chi connectivity index (χ2n) is 4.47. The van der Waals surface area contributed by atoms with Crippen LogP contribution in [-0.4, -0.2) is 24.7 Å². The highest BCUT2D eigenvalue weighted by Crippen LogP contribution is 2.60. The van der Waals surface area contributed by atoms with Crippen molar-refractivity contribution in [3.63, 3.8) is 0 Å². The third-order valence-electron chi connectivity index (χ3n) is 2.91. The summed E-state index contributed by atoms with van der Waals surface area (Å²) in [5, 5.41) is 0. The molecule has 1 aromatic heterocycles. The van der Waals surface area contributed by atoms with Gasteiger partial charge >= 0.3 is 36.0 Å². The van der Waals surface area contributed by atoms with Gasteiger partial charge in [-0.3, -0.25) is 0 Å². The predicted octanol–water partition coefficient (Wildman–Crippen LogP) is 5.86.